The Labute approximate surface area is 171 Å². The number of sulfonamides is 1. The van der Waals surface area contributed by atoms with Crippen molar-refractivity contribution in [1.82, 2.24) is 19.2 Å². The fraction of sp³-hybridized carbons (Fsp3) is 0.750. The van der Waals surface area contributed by atoms with Crippen LogP contribution in [0.15, 0.2) is 4.79 Å². The maximum absolute atomic E-state index is 12.7. The van der Waals surface area contributed by atoms with E-state index < -0.39 is 10.0 Å². The summed E-state index contributed by atoms with van der Waals surface area (Å²) >= 11 is 0. The molecule has 2 aliphatic heterocycles. The van der Waals surface area contributed by atoms with Gasteiger partial charge in [0.05, 0.1) is 17.5 Å². The number of aromatic amines is 1. The summed E-state index contributed by atoms with van der Waals surface area (Å²) in [4.78, 5) is 34.7. The maximum Gasteiger partial charge on any atom is 0.255 e. The van der Waals surface area contributed by atoms with Crippen molar-refractivity contribution >= 4 is 15.9 Å². The molecule has 0 aromatic carbocycles. The number of nitrogens with one attached hydrogen (secondary N) is 1. The third-order valence-electron chi connectivity index (χ3n) is 6.64. The highest BCUT2D eigenvalue weighted by Gasteiger charge is 2.32. The highest BCUT2D eigenvalue weighted by Crippen LogP contribution is 2.30. The minimum Gasteiger partial charge on any atom is -0.342 e. The Morgan fingerprint density at radius 1 is 1.17 bits per heavy atom. The Morgan fingerprint density at radius 2 is 1.93 bits per heavy atom. The highest BCUT2D eigenvalue weighted by atomic mass is 32.2. The molecule has 0 unspecified atom stereocenters. The minimum atomic E-state index is -3.33. The predicted molar refractivity (Wildman–Crippen MR) is 109 cm³/mol. The standard InChI is InChI=1S/C20H30N4O4S/c1-29(27,28)24-10-8-17-16(13-24)20(26)22-19(21-17)15-7-9-23(12-15)18(25)11-14-5-3-2-4-6-14/h14-15H,2-13H2,1H3,(H,21,22,26)/t15-/m0/s1. The molecule has 1 aromatic rings. The Balaban J connectivity index is 1.43. The zero-order valence-corrected chi connectivity index (χ0v) is 17.8. The van der Waals surface area contributed by atoms with Crippen LogP contribution < -0.4 is 5.56 Å². The van der Waals surface area contributed by atoms with Gasteiger partial charge < -0.3 is 9.88 Å². The van der Waals surface area contributed by atoms with Gasteiger partial charge in [0.2, 0.25) is 15.9 Å². The number of H-pyrrole nitrogens is 1. The molecule has 0 spiro atoms. The third kappa shape index (κ3) is 4.55. The number of fused-ring (bicyclic) bond motifs is 1. The largest absolute Gasteiger partial charge is 0.342 e. The summed E-state index contributed by atoms with van der Waals surface area (Å²) < 4.78 is 24.9. The smallest absolute Gasteiger partial charge is 0.255 e. The summed E-state index contributed by atoms with van der Waals surface area (Å²) in [5.74, 6) is 1.42. The van der Waals surface area contributed by atoms with Crippen molar-refractivity contribution in [2.45, 2.75) is 63.8 Å². The second-order valence-corrected chi connectivity index (χ2v) is 10.7. The Kier molecular flexibility index (Phi) is 5.79. The Hall–Kier alpha value is -1.74. The number of nitrogens with zero attached hydrogens (tertiary/aromatic N) is 3. The van der Waals surface area contributed by atoms with Gasteiger partial charge in [-0.15, -0.1) is 0 Å². The molecule has 1 saturated carbocycles. The monoisotopic (exact) mass is 422 g/mol. The van der Waals surface area contributed by atoms with Crippen molar-refractivity contribution in [2.24, 2.45) is 5.92 Å². The number of aromatic nitrogens is 2. The molecule has 1 saturated heterocycles. The highest BCUT2D eigenvalue weighted by molar-refractivity contribution is 7.88. The number of likely N-dealkylation sites (tertiary alicyclic amines) is 1. The lowest BCUT2D eigenvalue weighted by Gasteiger charge is -2.26. The van der Waals surface area contributed by atoms with E-state index in [1.807, 2.05) is 4.90 Å². The van der Waals surface area contributed by atoms with E-state index in [-0.39, 0.29) is 23.9 Å². The molecule has 2 fully saturated rings. The number of hydrogen-bond acceptors (Lipinski definition) is 5. The van der Waals surface area contributed by atoms with Gasteiger partial charge >= 0.3 is 0 Å². The molecule has 4 rings (SSSR count). The van der Waals surface area contributed by atoms with E-state index >= 15 is 0 Å². The Morgan fingerprint density at radius 3 is 2.66 bits per heavy atom. The van der Waals surface area contributed by atoms with Crippen LogP contribution in [-0.2, 0) is 27.8 Å². The van der Waals surface area contributed by atoms with Crippen LogP contribution in [0.25, 0.3) is 0 Å². The van der Waals surface area contributed by atoms with Gasteiger partial charge in [-0.05, 0) is 25.2 Å². The summed E-state index contributed by atoms with van der Waals surface area (Å²) in [7, 11) is -3.33. The van der Waals surface area contributed by atoms with Crippen LogP contribution in [0.5, 0.6) is 0 Å². The molecule has 0 bridgehead atoms. The molecule has 0 radical (unpaired) electrons. The van der Waals surface area contributed by atoms with E-state index in [4.69, 9.17) is 0 Å². The van der Waals surface area contributed by atoms with E-state index in [0.717, 1.165) is 25.5 Å². The van der Waals surface area contributed by atoms with E-state index in [9.17, 15) is 18.0 Å². The maximum atomic E-state index is 12.7. The fourth-order valence-electron chi connectivity index (χ4n) is 4.87. The first kappa shape index (κ1) is 20.5. The van der Waals surface area contributed by atoms with E-state index in [1.165, 1.54) is 23.6 Å². The van der Waals surface area contributed by atoms with Gasteiger partial charge in [0.1, 0.15) is 5.82 Å². The molecule has 9 heteroatoms. The third-order valence-corrected chi connectivity index (χ3v) is 7.89. The number of carbonyl (C=O) groups is 1. The van der Waals surface area contributed by atoms with Gasteiger partial charge in [-0.1, -0.05) is 19.3 Å². The first-order valence-corrected chi connectivity index (χ1v) is 12.5. The van der Waals surface area contributed by atoms with Crippen molar-refractivity contribution in [3.63, 3.8) is 0 Å². The van der Waals surface area contributed by atoms with Crippen LogP contribution in [0, 0.1) is 5.92 Å². The lowest BCUT2D eigenvalue weighted by atomic mass is 9.87. The number of carbonyl (C=O) groups excluding carboxylic acids is 1. The summed E-state index contributed by atoms with van der Waals surface area (Å²) in [5.41, 5.74) is 0.870. The quantitative estimate of drug-likeness (QED) is 0.789. The summed E-state index contributed by atoms with van der Waals surface area (Å²) in [6.45, 7) is 1.73. The van der Waals surface area contributed by atoms with Gasteiger partial charge in [-0.3, -0.25) is 9.59 Å². The number of amides is 1. The molecule has 3 aliphatic rings. The lowest BCUT2D eigenvalue weighted by molar-refractivity contribution is -0.131. The molecular weight excluding hydrogens is 392 g/mol. The normalized spacial score (nSPS) is 23.9. The zero-order chi connectivity index (χ0) is 20.6. The second-order valence-electron chi connectivity index (χ2n) is 8.76. The van der Waals surface area contributed by atoms with Gasteiger partial charge in [0, 0.05) is 44.9 Å². The molecule has 1 N–H and O–H groups in total. The van der Waals surface area contributed by atoms with E-state index in [0.29, 0.717) is 55.5 Å². The molecule has 1 aliphatic carbocycles. The van der Waals surface area contributed by atoms with Gasteiger partial charge in [-0.2, -0.15) is 4.31 Å². The van der Waals surface area contributed by atoms with Crippen molar-refractivity contribution < 1.29 is 13.2 Å². The molecule has 3 heterocycles. The Bertz CT molecular complexity index is 936. The van der Waals surface area contributed by atoms with Crippen LogP contribution in [0.1, 0.15) is 67.9 Å². The first-order chi connectivity index (χ1) is 13.8. The summed E-state index contributed by atoms with van der Waals surface area (Å²) in [6, 6.07) is 0. The topological polar surface area (TPSA) is 103 Å². The molecule has 1 amide bonds. The van der Waals surface area contributed by atoms with Crippen LogP contribution in [0.3, 0.4) is 0 Å². The average molecular weight is 423 g/mol. The minimum absolute atomic E-state index is 0.0382. The lowest BCUT2D eigenvalue weighted by Crippen LogP contribution is -2.39. The molecular formula is C20H30N4O4S. The number of rotatable bonds is 4. The first-order valence-electron chi connectivity index (χ1n) is 10.7. The molecule has 29 heavy (non-hydrogen) atoms. The molecule has 160 valence electrons. The van der Waals surface area contributed by atoms with Crippen LogP contribution in [0.2, 0.25) is 0 Å². The van der Waals surface area contributed by atoms with Crippen LogP contribution >= 0.6 is 0 Å². The molecule has 1 atom stereocenters. The molecule has 1 aromatic heterocycles. The van der Waals surface area contributed by atoms with Crippen LogP contribution in [-0.4, -0.2) is 59.4 Å². The summed E-state index contributed by atoms with van der Waals surface area (Å²) in [5, 5.41) is 0. The second kappa shape index (κ2) is 8.18. The van der Waals surface area contributed by atoms with Crippen LogP contribution in [0.4, 0.5) is 0 Å². The predicted octanol–water partition coefficient (Wildman–Crippen LogP) is 1.37. The van der Waals surface area contributed by atoms with Gasteiger partial charge in [0.25, 0.3) is 5.56 Å². The zero-order valence-electron chi connectivity index (χ0n) is 17.0. The van der Waals surface area contributed by atoms with E-state index in [2.05, 4.69) is 9.97 Å². The number of hydrogen-bond donors (Lipinski definition) is 1. The summed E-state index contributed by atoms with van der Waals surface area (Å²) in [6.07, 6.45) is 9.11. The fourth-order valence-corrected chi connectivity index (χ4v) is 5.66. The van der Waals surface area contributed by atoms with Crippen molar-refractivity contribution in [1.29, 1.82) is 0 Å². The van der Waals surface area contributed by atoms with Crippen molar-refractivity contribution in [2.75, 3.05) is 25.9 Å². The van der Waals surface area contributed by atoms with Crippen molar-refractivity contribution in [3.8, 4) is 0 Å². The van der Waals surface area contributed by atoms with Gasteiger partial charge in [0.15, 0.2) is 0 Å². The van der Waals surface area contributed by atoms with Crippen molar-refractivity contribution in [3.05, 3.63) is 27.4 Å². The molecule has 8 nitrogen and oxygen atoms in total. The van der Waals surface area contributed by atoms with Gasteiger partial charge in [-0.25, -0.2) is 13.4 Å². The SMILES string of the molecule is CS(=O)(=O)N1CCc2nc([C@H]3CCN(C(=O)CC4CCCCC4)C3)[nH]c(=O)c2C1. The average Bonchev–Trinajstić information content (AvgIpc) is 3.18. The van der Waals surface area contributed by atoms with E-state index in [1.54, 1.807) is 0 Å².